The van der Waals surface area contributed by atoms with E-state index in [2.05, 4.69) is 18.5 Å². The number of rotatable bonds is 7. The van der Waals surface area contributed by atoms with Crippen LogP contribution in [0.3, 0.4) is 0 Å². The van der Waals surface area contributed by atoms with Crippen molar-refractivity contribution in [1.29, 1.82) is 0 Å². The summed E-state index contributed by atoms with van der Waals surface area (Å²) in [4.78, 5) is 40.6. The van der Waals surface area contributed by atoms with E-state index in [0.29, 0.717) is 18.7 Å². The van der Waals surface area contributed by atoms with Crippen molar-refractivity contribution in [2.75, 3.05) is 19.6 Å². The first-order valence-electron chi connectivity index (χ1n) is 9.03. The zero-order chi connectivity index (χ0) is 20.3. The van der Waals surface area contributed by atoms with Crippen molar-refractivity contribution in [1.82, 2.24) is 15.1 Å². The highest BCUT2D eigenvalue weighted by Crippen LogP contribution is 2.31. The number of hydrogen-bond donors (Lipinski definition) is 1. The van der Waals surface area contributed by atoms with E-state index in [9.17, 15) is 14.4 Å². The van der Waals surface area contributed by atoms with Gasteiger partial charge in [-0.15, -0.1) is 13.2 Å². The molecule has 0 spiro atoms. The Labute approximate surface area is 164 Å². The number of carbonyl (C=O) groups is 3. The number of hydrogen-bond acceptors (Lipinski definition) is 3. The molecule has 1 heterocycles. The van der Waals surface area contributed by atoms with Gasteiger partial charge in [0.05, 0.1) is 0 Å². The van der Waals surface area contributed by atoms with Crippen molar-refractivity contribution in [2.45, 2.75) is 12.5 Å². The molecule has 6 heteroatoms. The van der Waals surface area contributed by atoms with Gasteiger partial charge in [0.2, 0.25) is 5.91 Å². The molecule has 1 aliphatic heterocycles. The molecule has 0 aromatic heterocycles. The molecule has 3 rings (SSSR count). The molecule has 0 radical (unpaired) electrons. The van der Waals surface area contributed by atoms with Crippen LogP contribution in [0.2, 0.25) is 0 Å². The average Bonchev–Trinajstić information content (AvgIpc) is 2.91. The van der Waals surface area contributed by atoms with Crippen LogP contribution in [0, 0.1) is 0 Å². The van der Waals surface area contributed by atoms with Gasteiger partial charge in [-0.2, -0.15) is 0 Å². The van der Waals surface area contributed by atoms with E-state index in [1.54, 1.807) is 19.1 Å². The maximum absolute atomic E-state index is 13.1. The maximum Gasteiger partial charge on any atom is 0.325 e. The topological polar surface area (TPSA) is 69.7 Å². The Bertz CT molecular complexity index is 958. The lowest BCUT2D eigenvalue weighted by molar-refractivity contribution is -0.138. The first kappa shape index (κ1) is 19.4. The molecule has 28 heavy (non-hydrogen) atoms. The summed E-state index contributed by atoms with van der Waals surface area (Å²) in [5.74, 6) is -0.788. The summed E-state index contributed by atoms with van der Waals surface area (Å²) < 4.78 is 0. The fourth-order valence-electron chi connectivity index (χ4n) is 3.36. The van der Waals surface area contributed by atoms with Crippen LogP contribution in [0.25, 0.3) is 10.8 Å². The largest absolute Gasteiger partial charge is 0.334 e. The minimum Gasteiger partial charge on any atom is -0.334 e. The minimum absolute atomic E-state index is 0.316. The van der Waals surface area contributed by atoms with Crippen LogP contribution in [0.15, 0.2) is 67.8 Å². The molecule has 0 saturated carbocycles. The molecule has 0 aliphatic carbocycles. The summed E-state index contributed by atoms with van der Waals surface area (Å²) in [7, 11) is 0. The Morgan fingerprint density at radius 3 is 2.39 bits per heavy atom. The van der Waals surface area contributed by atoms with E-state index < -0.39 is 17.5 Å². The van der Waals surface area contributed by atoms with Gasteiger partial charge in [-0.25, -0.2) is 4.79 Å². The number of carbonyl (C=O) groups excluding carboxylic acids is 3. The lowest BCUT2D eigenvalue weighted by Gasteiger charge is -2.24. The van der Waals surface area contributed by atoms with E-state index in [-0.39, 0.29) is 12.5 Å². The predicted molar refractivity (Wildman–Crippen MR) is 109 cm³/mol. The molecule has 1 N–H and O–H groups in total. The van der Waals surface area contributed by atoms with Crippen LogP contribution in [-0.2, 0) is 15.1 Å². The van der Waals surface area contributed by atoms with Crippen LogP contribution in [0.4, 0.5) is 4.79 Å². The van der Waals surface area contributed by atoms with E-state index in [1.165, 1.54) is 4.90 Å². The van der Waals surface area contributed by atoms with Crippen LogP contribution < -0.4 is 5.32 Å². The Morgan fingerprint density at radius 1 is 1.11 bits per heavy atom. The number of nitrogens with one attached hydrogen (secondary N) is 1. The Hall–Kier alpha value is -3.41. The van der Waals surface area contributed by atoms with Gasteiger partial charge in [-0.3, -0.25) is 14.5 Å². The molecular weight excluding hydrogens is 354 g/mol. The van der Waals surface area contributed by atoms with Crippen molar-refractivity contribution in [3.63, 3.8) is 0 Å². The van der Waals surface area contributed by atoms with Crippen molar-refractivity contribution < 1.29 is 14.4 Å². The van der Waals surface area contributed by atoms with Gasteiger partial charge in [0.25, 0.3) is 5.91 Å². The van der Waals surface area contributed by atoms with Gasteiger partial charge >= 0.3 is 6.03 Å². The smallest absolute Gasteiger partial charge is 0.325 e. The van der Waals surface area contributed by atoms with E-state index in [1.807, 2.05) is 42.5 Å². The molecule has 1 aliphatic rings. The summed E-state index contributed by atoms with van der Waals surface area (Å²) in [6.07, 6.45) is 3.18. The lowest BCUT2D eigenvalue weighted by Crippen LogP contribution is -2.44. The first-order valence-corrected chi connectivity index (χ1v) is 9.03. The fourth-order valence-corrected chi connectivity index (χ4v) is 3.36. The van der Waals surface area contributed by atoms with E-state index >= 15 is 0 Å². The third-order valence-corrected chi connectivity index (χ3v) is 4.95. The summed E-state index contributed by atoms with van der Waals surface area (Å²) in [6.45, 7) is 9.22. The summed E-state index contributed by atoms with van der Waals surface area (Å²) in [5, 5.41) is 4.76. The summed E-state index contributed by atoms with van der Waals surface area (Å²) in [5.41, 5.74) is -0.545. The van der Waals surface area contributed by atoms with Gasteiger partial charge in [0.15, 0.2) is 0 Å². The summed E-state index contributed by atoms with van der Waals surface area (Å²) in [6, 6.07) is 12.8. The molecule has 1 atom stereocenters. The second-order valence-corrected chi connectivity index (χ2v) is 6.88. The second kappa shape index (κ2) is 7.68. The number of benzene rings is 2. The number of imide groups is 1. The van der Waals surface area contributed by atoms with Gasteiger partial charge in [0, 0.05) is 13.1 Å². The molecular formula is C22H23N3O3. The summed E-state index contributed by atoms with van der Waals surface area (Å²) >= 11 is 0. The quantitative estimate of drug-likeness (QED) is 0.596. The molecule has 144 valence electrons. The molecule has 0 bridgehead atoms. The van der Waals surface area contributed by atoms with Gasteiger partial charge < -0.3 is 10.2 Å². The number of urea groups is 1. The molecule has 2 aromatic rings. The van der Waals surface area contributed by atoms with Crippen molar-refractivity contribution >= 4 is 28.6 Å². The van der Waals surface area contributed by atoms with Crippen molar-refractivity contribution in [3.05, 3.63) is 73.3 Å². The molecule has 1 fully saturated rings. The van der Waals surface area contributed by atoms with Crippen LogP contribution in [0.5, 0.6) is 0 Å². The number of nitrogens with zero attached hydrogens (tertiary/aromatic N) is 2. The highest BCUT2D eigenvalue weighted by atomic mass is 16.2. The van der Waals surface area contributed by atoms with E-state index in [0.717, 1.165) is 15.7 Å². The normalized spacial score (nSPS) is 18.8. The average molecular weight is 377 g/mol. The Morgan fingerprint density at radius 2 is 1.75 bits per heavy atom. The third kappa shape index (κ3) is 3.41. The highest BCUT2D eigenvalue weighted by molar-refractivity contribution is 6.09. The number of amides is 4. The Balaban J connectivity index is 1.86. The predicted octanol–water partition coefficient (Wildman–Crippen LogP) is 2.81. The number of fused-ring (bicyclic) bond motifs is 1. The molecule has 2 aromatic carbocycles. The zero-order valence-corrected chi connectivity index (χ0v) is 15.9. The van der Waals surface area contributed by atoms with Gasteiger partial charge in [-0.1, -0.05) is 48.6 Å². The SMILES string of the molecule is C=CCN(CC=C)C(=O)CN1C(=O)N[C@](C)(c2ccc3ccccc3c2)C1=O. The lowest BCUT2D eigenvalue weighted by atomic mass is 9.90. The minimum atomic E-state index is -1.22. The van der Waals surface area contributed by atoms with Gasteiger partial charge in [0.1, 0.15) is 12.1 Å². The molecule has 0 unspecified atom stereocenters. The third-order valence-electron chi connectivity index (χ3n) is 4.95. The monoisotopic (exact) mass is 377 g/mol. The maximum atomic E-state index is 13.1. The van der Waals surface area contributed by atoms with Crippen molar-refractivity contribution in [3.8, 4) is 0 Å². The highest BCUT2D eigenvalue weighted by Gasteiger charge is 2.49. The standard InChI is InChI=1S/C22H23N3O3/c1-4-12-24(13-5-2)19(26)15-25-20(27)22(3,23-21(25)28)18-11-10-16-8-6-7-9-17(16)14-18/h4-11,14H,1-2,12-13,15H2,3H3,(H,23,28)/t22-/m1/s1. The second-order valence-electron chi connectivity index (χ2n) is 6.88. The van der Waals surface area contributed by atoms with Crippen molar-refractivity contribution in [2.24, 2.45) is 0 Å². The molecule has 6 nitrogen and oxygen atoms in total. The first-order chi connectivity index (χ1) is 13.4. The fraction of sp³-hybridized carbons (Fsp3) is 0.227. The molecule has 4 amide bonds. The Kier molecular flexibility index (Phi) is 5.31. The van der Waals surface area contributed by atoms with Crippen LogP contribution in [-0.4, -0.2) is 47.3 Å². The molecule has 1 saturated heterocycles. The van der Waals surface area contributed by atoms with Gasteiger partial charge in [-0.05, 0) is 29.3 Å². The van der Waals surface area contributed by atoms with Crippen LogP contribution in [0.1, 0.15) is 12.5 Å². The van der Waals surface area contributed by atoms with E-state index in [4.69, 9.17) is 0 Å². The zero-order valence-electron chi connectivity index (χ0n) is 15.9. The van der Waals surface area contributed by atoms with Crippen LogP contribution >= 0.6 is 0 Å².